The van der Waals surface area contributed by atoms with E-state index in [9.17, 15) is 0 Å². The van der Waals surface area contributed by atoms with Crippen LogP contribution in [0.1, 0.15) is 24.9 Å². The number of nitrogens with zero attached hydrogens (tertiary/aromatic N) is 2. The van der Waals surface area contributed by atoms with E-state index in [0.717, 1.165) is 32.7 Å². The zero-order valence-electron chi connectivity index (χ0n) is 11.3. The first-order valence-electron chi connectivity index (χ1n) is 6.75. The van der Waals surface area contributed by atoms with Crippen LogP contribution >= 0.6 is 0 Å². The third-order valence-electron chi connectivity index (χ3n) is 3.40. The van der Waals surface area contributed by atoms with Crippen molar-refractivity contribution in [1.82, 2.24) is 15.2 Å². The van der Waals surface area contributed by atoms with Crippen molar-refractivity contribution in [3.63, 3.8) is 0 Å². The van der Waals surface area contributed by atoms with Crippen LogP contribution in [0, 0.1) is 0 Å². The predicted molar refractivity (Wildman–Crippen MR) is 72.5 cm³/mol. The molecule has 0 spiro atoms. The van der Waals surface area contributed by atoms with Crippen molar-refractivity contribution in [2.45, 2.75) is 25.5 Å². The van der Waals surface area contributed by atoms with Gasteiger partial charge < -0.3 is 10.1 Å². The summed E-state index contributed by atoms with van der Waals surface area (Å²) in [7, 11) is 2.16. The molecule has 18 heavy (non-hydrogen) atoms. The summed E-state index contributed by atoms with van der Waals surface area (Å²) in [5.74, 6) is 0. The molecule has 4 heteroatoms. The van der Waals surface area contributed by atoms with E-state index in [0.29, 0.717) is 6.04 Å². The Kier molecular flexibility index (Phi) is 5.11. The fourth-order valence-electron chi connectivity index (χ4n) is 2.47. The Morgan fingerprint density at radius 1 is 1.56 bits per heavy atom. The summed E-state index contributed by atoms with van der Waals surface area (Å²) in [6.07, 6.45) is 5.12. The molecular weight excluding hydrogens is 226 g/mol. The van der Waals surface area contributed by atoms with Gasteiger partial charge in [0, 0.05) is 25.5 Å². The summed E-state index contributed by atoms with van der Waals surface area (Å²) in [6, 6.07) is 4.43. The van der Waals surface area contributed by atoms with Gasteiger partial charge in [0.05, 0.1) is 18.8 Å². The van der Waals surface area contributed by atoms with Crippen molar-refractivity contribution in [3.8, 4) is 0 Å². The van der Waals surface area contributed by atoms with Gasteiger partial charge in [-0.2, -0.15) is 0 Å². The maximum absolute atomic E-state index is 5.93. The second-order valence-corrected chi connectivity index (χ2v) is 4.83. The Morgan fingerprint density at radius 3 is 3.17 bits per heavy atom. The van der Waals surface area contributed by atoms with Crippen molar-refractivity contribution < 1.29 is 4.74 Å². The summed E-state index contributed by atoms with van der Waals surface area (Å²) >= 11 is 0. The maximum Gasteiger partial charge on any atom is 0.0896 e. The number of hydrogen-bond acceptors (Lipinski definition) is 4. The van der Waals surface area contributed by atoms with E-state index in [2.05, 4.69) is 35.2 Å². The molecule has 1 saturated heterocycles. The van der Waals surface area contributed by atoms with Crippen LogP contribution in [0.15, 0.2) is 24.5 Å². The van der Waals surface area contributed by atoms with Gasteiger partial charge in [0.15, 0.2) is 0 Å². The van der Waals surface area contributed by atoms with Crippen LogP contribution in [-0.4, -0.2) is 49.3 Å². The molecule has 1 aromatic heterocycles. The van der Waals surface area contributed by atoms with Gasteiger partial charge >= 0.3 is 0 Å². The summed E-state index contributed by atoms with van der Waals surface area (Å²) in [6.45, 7) is 5.91. The number of morpholine rings is 1. The largest absolute Gasteiger partial charge is 0.374 e. The van der Waals surface area contributed by atoms with E-state index in [1.54, 1.807) is 0 Å². The van der Waals surface area contributed by atoms with Gasteiger partial charge in [-0.1, -0.05) is 13.0 Å². The molecule has 0 bridgehead atoms. The third kappa shape index (κ3) is 3.28. The van der Waals surface area contributed by atoms with Gasteiger partial charge in [-0.25, -0.2) is 0 Å². The lowest BCUT2D eigenvalue weighted by Crippen LogP contribution is -2.47. The van der Waals surface area contributed by atoms with E-state index in [1.807, 2.05) is 18.5 Å². The standard InChI is InChI=1S/C14H23N3O/c1-3-6-15-11-13-14(17(2)8-9-18-13)12-5-4-7-16-10-12/h4-5,7,10,13-15H,3,6,8-9,11H2,1-2H3. The Labute approximate surface area is 109 Å². The second kappa shape index (κ2) is 6.83. The Balaban J connectivity index is 2.06. The minimum Gasteiger partial charge on any atom is -0.374 e. The summed E-state index contributed by atoms with van der Waals surface area (Å²) in [4.78, 5) is 6.58. The molecule has 1 aliphatic rings. The molecule has 4 nitrogen and oxygen atoms in total. The molecule has 0 saturated carbocycles. The Bertz CT molecular complexity index is 344. The maximum atomic E-state index is 5.93. The number of likely N-dealkylation sites (N-methyl/N-ethyl adjacent to an activating group) is 1. The highest BCUT2D eigenvalue weighted by Gasteiger charge is 2.31. The summed E-state index contributed by atoms with van der Waals surface area (Å²) < 4.78 is 5.93. The summed E-state index contributed by atoms with van der Waals surface area (Å²) in [5.41, 5.74) is 1.24. The topological polar surface area (TPSA) is 37.4 Å². The number of nitrogens with one attached hydrogen (secondary N) is 1. The molecule has 0 amide bonds. The lowest BCUT2D eigenvalue weighted by molar-refractivity contribution is -0.0613. The molecule has 0 radical (unpaired) electrons. The van der Waals surface area contributed by atoms with Gasteiger partial charge in [-0.05, 0) is 31.6 Å². The van der Waals surface area contributed by atoms with E-state index in [4.69, 9.17) is 4.74 Å². The van der Waals surface area contributed by atoms with Crippen molar-refractivity contribution in [2.75, 3.05) is 33.3 Å². The molecule has 2 rings (SSSR count). The van der Waals surface area contributed by atoms with Crippen molar-refractivity contribution >= 4 is 0 Å². The zero-order valence-corrected chi connectivity index (χ0v) is 11.3. The van der Waals surface area contributed by atoms with Crippen LogP contribution in [0.3, 0.4) is 0 Å². The predicted octanol–water partition coefficient (Wildman–Crippen LogP) is 1.45. The molecule has 1 N–H and O–H groups in total. The first-order chi connectivity index (χ1) is 8.83. The highest BCUT2D eigenvalue weighted by Crippen LogP contribution is 2.27. The van der Waals surface area contributed by atoms with Crippen LogP contribution in [0.4, 0.5) is 0 Å². The van der Waals surface area contributed by atoms with E-state index in [1.165, 1.54) is 5.56 Å². The monoisotopic (exact) mass is 249 g/mol. The Morgan fingerprint density at radius 2 is 2.44 bits per heavy atom. The molecule has 1 fully saturated rings. The molecule has 0 aromatic carbocycles. The molecule has 1 aromatic rings. The van der Waals surface area contributed by atoms with Crippen LogP contribution in [0.25, 0.3) is 0 Å². The molecule has 100 valence electrons. The van der Waals surface area contributed by atoms with Crippen LogP contribution in [0.2, 0.25) is 0 Å². The quantitative estimate of drug-likeness (QED) is 0.802. The minimum atomic E-state index is 0.208. The van der Waals surface area contributed by atoms with Gasteiger partial charge in [0.2, 0.25) is 0 Å². The minimum absolute atomic E-state index is 0.208. The first-order valence-corrected chi connectivity index (χ1v) is 6.75. The van der Waals surface area contributed by atoms with E-state index >= 15 is 0 Å². The first kappa shape index (κ1) is 13.5. The Hall–Kier alpha value is -0.970. The SMILES string of the molecule is CCCNCC1OCCN(C)C1c1cccnc1. The molecule has 1 aliphatic heterocycles. The van der Waals surface area contributed by atoms with Gasteiger partial charge in [-0.15, -0.1) is 0 Å². The van der Waals surface area contributed by atoms with Crippen LogP contribution < -0.4 is 5.32 Å². The highest BCUT2D eigenvalue weighted by molar-refractivity contribution is 5.16. The third-order valence-corrected chi connectivity index (χ3v) is 3.40. The van der Waals surface area contributed by atoms with Crippen LogP contribution in [-0.2, 0) is 4.74 Å². The molecule has 2 unspecified atom stereocenters. The summed E-state index contributed by atoms with van der Waals surface area (Å²) in [5, 5.41) is 3.45. The smallest absolute Gasteiger partial charge is 0.0896 e. The molecule has 0 aliphatic carbocycles. The molecular formula is C14H23N3O. The zero-order chi connectivity index (χ0) is 12.8. The van der Waals surface area contributed by atoms with E-state index in [-0.39, 0.29) is 6.10 Å². The number of pyridine rings is 1. The number of hydrogen-bond donors (Lipinski definition) is 1. The van der Waals surface area contributed by atoms with Crippen molar-refractivity contribution in [3.05, 3.63) is 30.1 Å². The number of rotatable bonds is 5. The fraction of sp³-hybridized carbons (Fsp3) is 0.643. The fourth-order valence-corrected chi connectivity index (χ4v) is 2.47. The normalized spacial score (nSPS) is 25.2. The second-order valence-electron chi connectivity index (χ2n) is 4.83. The number of aromatic nitrogens is 1. The lowest BCUT2D eigenvalue weighted by Gasteiger charge is -2.39. The van der Waals surface area contributed by atoms with Crippen LogP contribution in [0.5, 0.6) is 0 Å². The van der Waals surface area contributed by atoms with E-state index < -0.39 is 0 Å². The highest BCUT2D eigenvalue weighted by atomic mass is 16.5. The van der Waals surface area contributed by atoms with Gasteiger partial charge in [0.1, 0.15) is 0 Å². The average molecular weight is 249 g/mol. The molecule has 2 atom stereocenters. The van der Waals surface area contributed by atoms with Gasteiger partial charge in [0.25, 0.3) is 0 Å². The van der Waals surface area contributed by atoms with Gasteiger partial charge in [-0.3, -0.25) is 9.88 Å². The number of ether oxygens (including phenoxy) is 1. The molecule has 2 heterocycles. The average Bonchev–Trinajstić information content (AvgIpc) is 2.40. The lowest BCUT2D eigenvalue weighted by atomic mass is 10.00. The van der Waals surface area contributed by atoms with Crippen molar-refractivity contribution in [2.24, 2.45) is 0 Å². The van der Waals surface area contributed by atoms with Crippen molar-refractivity contribution in [1.29, 1.82) is 0 Å².